The van der Waals surface area contributed by atoms with Gasteiger partial charge in [0.2, 0.25) is 5.91 Å². The minimum Gasteiger partial charge on any atom is -0.489 e. The van der Waals surface area contributed by atoms with Gasteiger partial charge < -0.3 is 10.1 Å². The summed E-state index contributed by atoms with van der Waals surface area (Å²) in [5, 5.41) is 3.65. The average Bonchev–Trinajstić information content (AvgIpc) is 2.55. The van der Waals surface area contributed by atoms with Crippen molar-refractivity contribution in [3.63, 3.8) is 0 Å². The number of alkyl halides is 2. The topological polar surface area (TPSA) is 38.3 Å². The van der Waals surface area contributed by atoms with Gasteiger partial charge in [-0.1, -0.05) is 62.2 Å². The molecular formula is C17H17Br2NO2. The van der Waals surface area contributed by atoms with Crippen molar-refractivity contribution >= 4 is 43.5 Å². The second-order valence-electron chi connectivity index (χ2n) is 4.73. The van der Waals surface area contributed by atoms with E-state index in [2.05, 4.69) is 37.2 Å². The molecule has 0 radical (unpaired) electrons. The van der Waals surface area contributed by atoms with Crippen molar-refractivity contribution in [1.82, 2.24) is 0 Å². The Morgan fingerprint density at radius 3 is 2.41 bits per heavy atom. The molecule has 0 unspecified atom stereocenters. The smallest absolute Gasteiger partial charge is 0.238 e. The lowest BCUT2D eigenvalue weighted by atomic mass is 10.2. The van der Waals surface area contributed by atoms with E-state index in [9.17, 15) is 4.79 Å². The third-order valence-corrected chi connectivity index (χ3v) is 4.35. The minimum absolute atomic E-state index is 0.0441. The summed E-state index contributed by atoms with van der Waals surface area (Å²) in [6.45, 7) is 0.529. The molecule has 2 rings (SSSR count). The number of ether oxygens (including phenoxy) is 1. The molecule has 0 aliphatic carbocycles. The van der Waals surface area contributed by atoms with Gasteiger partial charge in [0.25, 0.3) is 0 Å². The van der Waals surface area contributed by atoms with Crippen LogP contribution < -0.4 is 10.1 Å². The van der Waals surface area contributed by atoms with Crippen LogP contribution >= 0.6 is 31.9 Å². The number of benzene rings is 2. The fourth-order valence-electron chi connectivity index (χ4n) is 1.82. The van der Waals surface area contributed by atoms with Crippen LogP contribution in [0.5, 0.6) is 5.75 Å². The van der Waals surface area contributed by atoms with Crippen molar-refractivity contribution in [3.05, 3.63) is 60.2 Å². The number of halogens is 2. The molecule has 0 aromatic heterocycles. The summed E-state index contributed by atoms with van der Waals surface area (Å²) in [6, 6.07) is 17.4. The number of hydrogen-bond acceptors (Lipinski definition) is 2. The maximum Gasteiger partial charge on any atom is 0.238 e. The third-order valence-electron chi connectivity index (χ3n) is 3.02. The second kappa shape index (κ2) is 8.96. The van der Waals surface area contributed by atoms with Gasteiger partial charge in [-0.15, -0.1) is 0 Å². The summed E-state index contributed by atoms with van der Waals surface area (Å²) in [5.41, 5.74) is 1.88. The van der Waals surface area contributed by atoms with Crippen LogP contribution in [-0.2, 0) is 11.4 Å². The van der Waals surface area contributed by atoms with Gasteiger partial charge in [-0.25, -0.2) is 0 Å². The molecule has 3 nitrogen and oxygen atoms in total. The Labute approximate surface area is 147 Å². The number of rotatable bonds is 7. The van der Waals surface area contributed by atoms with E-state index < -0.39 is 0 Å². The minimum atomic E-state index is -0.194. The molecule has 0 fully saturated rings. The zero-order chi connectivity index (χ0) is 15.8. The molecule has 0 heterocycles. The standard InChI is InChI=1S/C17H17Br2NO2/c18-11-10-16(19)17(21)20-14-6-8-15(9-7-14)22-12-13-4-2-1-3-5-13/h1-9,16H,10-12H2,(H,20,21)/t16-/m0/s1. The number of amides is 1. The maximum atomic E-state index is 11.9. The molecule has 0 aliphatic heterocycles. The Hall–Kier alpha value is -1.33. The Morgan fingerprint density at radius 1 is 1.09 bits per heavy atom. The van der Waals surface area contributed by atoms with Crippen LogP contribution in [0.4, 0.5) is 5.69 Å². The SMILES string of the molecule is O=C(Nc1ccc(OCc2ccccc2)cc1)[C@@H](Br)CCBr. The van der Waals surface area contributed by atoms with Gasteiger partial charge in [0, 0.05) is 11.0 Å². The van der Waals surface area contributed by atoms with E-state index >= 15 is 0 Å². The molecule has 0 bridgehead atoms. The molecule has 0 spiro atoms. The van der Waals surface area contributed by atoms with E-state index in [4.69, 9.17) is 4.74 Å². The van der Waals surface area contributed by atoms with E-state index in [1.807, 2.05) is 54.6 Å². The highest BCUT2D eigenvalue weighted by molar-refractivity contribution is 9.10. The Bertz CT molecular complexity index is 587. The molecule has 5 heteroatoms. The van der Waals surface area contributed by atoms with Gasteiger partial charge in [0.15, 0.2) is 0 Å². The first-order valence-electron chi connectivity index (χ1n) is 6.96. The monoisotopic (exact) mass is 425 g/mol. The summed E-state index contributed by atoms with van der Waals surface area (Å²) in [5.74, 6) is 0.732. The predicted molar refractivity (Wildman–Crippen MR) is 97.0 cm³/mol. The van der Waals surface area contributed by atoms with Crippen molar-refractivity contribution in [2.75, 3.05) is 10.6 Å². The Morgan fingerprint density at radius 2 is 1.77 bits per heavy atom. The van der Waals surface area contributed by atoms with Crippen molar-refractivity contribution in [2.24, 2.45) is 0 Å². The largest absolute Gasteiger partial charge is 0.489 e. The van der Waals surface area contributed by atoms with Gasteiger partial charge in [-0.05, 0) is 36.2 Å². The summed E-state index contributed by atoms with van der Waals surface area (Å²) in [6.07, 6.45) is 0.740. The highest BCUT2D eigenvalue weighted by atomic mass is 79.9. The van der Waals surface area contributed by atoms with Crippen molar-refractivity contribution < 1.29 is 9.53 Å². The van der Waals surface area contributed by atoms with Crippen molar-refractivity contribution in [2.45, 2.75) is 17.9 Å². The van der Waals surface area contributed by atoms with Gasteiger partial charge in [-0.2, -0.15) is 0 Å². The average molecular weight is 427 g/mol. The fraction of sp³-hybridized carbons (Fsp3) is 0.235. The molecule has 1 amide bonds. The van der Waals surface area contributed by atoms with Crippen LogP contribution in [-0.4, -0.2) is 16.1 Å². The van der Waals surface area contributed by atoms with E-state index in [1.165, 1.54) is 0 Å². The lowest BCUT2D eigenvalue weighted by Crippen LogP contribution is -2.23. The fourth-order valence-corrected chi connectivity index (χ4v) is 3.24. The number of carbonyl (C=O) groups excluding carboxylic acids is 1. The summed E-state index contributed by atoms with van der Waals surface area (Å²) < 4.78 is 5.71. The molecule has 116 valence electrons. The third kappa shape index (κ3) is 5.46. The second-order valence-corrected chi connectivity index (χ2v) is 6.63. The number of anilines is 1. The van der Waals surface area contributed by atoms with Crippen LogP contribution in [0.3, 0.4) is 0 Å². The summed E-state index contributed by atoms with van der Waals surface area (Å²) in [4.78, 5) is 11.7. The zero-order valence-corrected chi connectivity index (χ0v) is 15.1. The highest BCUT2D eigenvalue weighted by Gasteiger charge is 2.13. The number of hydrogen-bond donors (Lipinski definition) is 1. The molecule has 0 aliphatic rings. The Kier molecular flexibility index (Phi) is 6.93. The van der Waals surface area contributed by atoms with Crippen LogP contribution in [0.1, 0.15) is 12.0 Å². The predicted octanol–water partition coefficient (Wildman–Crippen LogP) is 4.75. The van der Waals surface area contributed by atoms with Crippen LogP contribution in [0, 0.1) is 0 Å². The summed E-state index contributed by atoms with van der Waals surface area (Å²) in [7, 11) is 0. The lowest BCUT2D eigenvalue weighted by Gasteiger charge is -2.11. The molecule has 1 atom stereocenters. The van der Waals surface area contributed by atoms with Crippen LogP contribution in [0.15, 0.2) is 54.6 Å². The zero-order valence-electron chi connectivity index (χ0n) is 12.0. The Balaban J connectivity index is 1.86. The van der Waals surface area contributed by atoms with Gasteiger partial charge in [0.05, 0.1) is 4.83 Å². The first-order chi connectivity index (χ1) is 10.7. The molecule has 1 N–H and O–H groups in total. The molecule has 0 saturated heterocycles. The number of carbonyl (C=O) groups is 1. The van der Waals surface area contributed by atoms with Crippen LogP contribution in [0.25, 0.3) is 0 Å². The maximum absolute atomic E-state index is 11.9. The molecule has 22 heavy (non-hydrogen) atoms. The quantitative estimate of drug-likeness (QED) is 0.648. The van der Waals surface area contributed by atoms with Crippen molar-refractivity contribution in [1.29, 1.82) is 0 Å². The van der Waals surface area contributed by atoms with Crippen molar-refractivity contribution in [3.8, 4) is 5.75 Å². The first-order valence-corrected chi connectivity index (χ1v) is 9.00. The van der Waals surface area contributed by atoms with E-state index in [1.54, 1.807) is 0 Å². The normalized spacial score (nSPS) is 11.7. The first kappa shape index (κ1) is 17.0. The van der Waals surface area contributed by atoms with E-state index in [0.717, 1.165) is 28.8 Å². The van der Waals surface area contributed by atoms with Crippen LogP contribution in [0.2, 0.25) is 0 Å². The van der Waals surface area contributed by atoms with E-state index in [0.29, 0.717) is 6.61 Å². The van der Waals surface area contributed by atoms with E-state index in [-0.39, 0.29) is 10.7 Å². The number of nitrogens with one attached hydrogen (secondary N) is 1. The summed E-state index contributed by atoms with van der Waals surface area (Å²) >= 11 is 6.68. The molecule has 2 aromatic carbocycles. The van der Waals surface area contributed by atoms with Gasteiger partial charge >= 0.3 is 0 Å². The lowest BCUT2D eigenvalue weighted by molar-refractivity contribution is -0.115. The molecule has 0 saturated carbocycles. The molecular weight excluding hydrogens is 410 g/mol. The highest BCUT2D eigenvalue weighted by Crippen LogP contribution is 2.18. The van der Waals surface area contributed by atoms with Gasteiger partial charge in [0.1, 0.15) is 12.4 Å². The molecule has 2 aromatic rings. The van der Waals surface area contributed by atoms with Gasteiger partial charge in [-0.3, -0.25) is 4.79 Å².